The maximum atomic E-state index is 10.7. The van der Waals surface area contributed by atoms with Crippen molar-refractivity contribution in [2.75, 3.05) is 7.11 Å². The number of hydrogen-bond acceptors (Lipinski definition) is 3. The van der Waals surface area contributed by atoms with Crippen LogP contribution in [0.15, 0.2) is 0 Å². The van der Waals surface area contributed by atoms with Gasteiger partial charge in [-0.15, -0.1) is 0 Å². The normalized spacial score (nSPS) is 15.3. The van der Waals surface area contributed by atoms with E-state index in [1.165, 1.54) is 7.11 Å². The maximum absolute atomic E-state index is 10.7. The molecule has 0 aromatic rings. The standard InChI is InChI=1S/C9H17O3/c1-4-9(2,11)7-5-6-8(10)12-3/h11H,1,4-7H2,2-3H3. The Bertz CT molecular complexity index is 141. The Kier molecular flexibility index (Phi) is 4.90. The summed E-state index contributed by atoms with van der Waals surface area (Å²) in [5, 5.41) is 9.49. The number of carbonyl (C=O) groups excluding carboxylic acids is 1. The van der Waals surface area contributed by atoms with Gasteiger partial charge in [0.2, 0.25) is 0 Å². The van der Waals surface area contributed by atoms with E-state index in [4.69, 9.17) is 0 Å². The van der Waals surface area contributed by atoms with E-state index in [9.17, 15) is 9.90 Å². The lowest BCUT2D eigenvalue weighted by Gasteiger charge is -2.20. The Morgan fingerprint density at radius 2 is 2.25 bits per heavy atom. The van der Waals surface area contributed by atoms with E-state index in [1.807, 2.05) is 0 Å². The highest BCUT2D eigenvalue weighted by molar-refractivity contribution is 5.68. The summed E-state index contributed by atoms with van der Waals surface area (Å²) in [6.45, 7) is 5.33. The zero-order valence-electron chi connectivity index (χ0n) is 7.80. The minimum atomic E-state index is -0.742. The van der Waals surface area contributed by atoms with E-state index in [-0.39, 0.29) is 5.97 Å². The van der Waals surface area contributed by atoms with E-state index < -0.39 is 5.60 Å². The molecule has 0 aromatic carbocycles. The van der Waals surface area contributed by atoms with Crippen molar-refractivity contribution >= 4 is 5.97 Å². The molecule has 0 spiro atoms. The zero-order chi connectivity index (χ0) is 9.61. The van der Waals surface area contributed by atoms with Gasteiger partial charge in [0.05, 0.1) is 12.7 Å². The molecule has 0 aliphatic carbocycles. The first-order chi connectivity index (χ1) is 5.52. The quantitative estimate of drug-likeness (QED) is 0.637. The lowest BCUT2D eigenvalue weighted by atomic mass is 9.96. The highest BCUT2D eigenvalue weighted by Gasteiger charge is 2.17. The van der Waals surface area contributed by atoms with Gasteiger partial charge in [0.15, 0.2) is 0 Å². The van der Waals surface area contributed by atoms with Crippen LogP contribution in [0, 0.1) is 6.92 Å². The Labute approximate surface area is 73.7 Å². The van der Waals surface area contributed by atoms with E-state index in [0.717, 1.165) is 0 Å². The Hall–Kier alpha value is -0.570. The minimum absolute atomic E-state index is 0.227. The molecule has 1 unspecified atom stereocenters. The second kappa shape index (κ2) is 5.14. The first-order valence-corrected chi connectivity index (χ1v) is 4.10. The summed E-state index contributed by atoms with van der Waals surface area (Å²) < 4.78 is 4.46. The lowest BCUT2D eigenvalue weighted by Crippen LogP contribution is -2.22. The highest BCUT2D eigenvalue weighted by atomic mass is 16.5. The average Bonchev–Trinajstić information content (AvgIpc) is 2.04. The Balaban J connectivity index is 3.49. The molecule has 0 aliphatic heterocycles. The summed E-state index contributed by atoms with van der Waals surface area (Å²) in [5.41, 5.74) is -0.742. The molecule has 0 rings (SSSR count). The largest absolute Gasteiger partial charge is 0.469 e. The number of carbonyl (C=O) groups is 1. The third kappa shape index (κ3) is 5.13. The summed E-state index contributed by atoms with van der Waals surface area (Å²) >= 11 is 0. The van der Waals surface area contributed by atoms with Crippen LogP contribution in [-0.2, 0) is 9.53 Å². The first-order valence-electron chi connectivity index (χ1n) is 4.10. The van der Waals surface area contributed by atoms with Crippen LogP contribution in [0.2, 0.25) is 0 Å². The highest BCUT2D eigenvalue weighted by Crippen LogP contribution is 2.16. The fraction of sp³-hybridized carbons (Fsp3) is 0.778. The number of aliphatic hydroxyl groups is 1. The number of methoxy groups -OCH3 is 1. The van der Waals surface area contributed by atoms with Crippen molar-refractivity contribution in [1.29, 1.82) is 0 Å². The molecule has 0 aromatic heterocycles. The summed E-state index contributed by atoms with van der Waals surface area (Å²) in [4.78, 5) is 10.7. The number of rotatable bonds is 5. The van der Waals surface area contributed by atoms with Gasteiger partial charge in [-0.1, -0.05) is 6.92 Å². The molecule has 0 amide bonds. The molecule has 0 saturated carbocycles. The van der Waals surface area contributed by atoms with E-state index >= 15 is 0 Å². The van der Waals surface area contributed by atoms with Crippen LogP contribution in [0.1, 0.15) is 32.6 Å². The molecular weight excluding hydrogens is 156 g/mol. The third-order valence-electron chi connectivity index (χ3n) is 1.86. The molecule has 1 atom stereocenters. The van der Waals surface area contributed by atoms with Crippen molar-refractivity contribution in [2.24, 2.45) is 0 Å². The van der Waals surface area contributed by atoms with Gasteiger partial charge >= 0.3 is 5.97 Å². The van der Waals surface area contributed by atoms with Crippen LogP contribution in [0.4, 0.5) is 0 Å². The SMILES string of the molecule is [CH2]CC(C)(O)CCCC(=O)OC. The van der Waals surface area contributed by atoms with Gasteiger partial charge in [-0.2, -0.15) is 0 Å². The monoisotopic (exact) mass is 173 g/mol. The maximum Gasteiger partial charge on any atom is 0.305 e. The Morgan fingerprint density at radius 1 is 1.67 bits per heavy atom. The predicted molar refractivity (Wildman–Crippen MR) is 46.5 cm³/mol. The fourth-order valence-corrected chi connectivity index (χ4v) is 0.841. The first kappa shape index (κ1) is 11.4. The molecule has 1 radical (unpaired) electrons. The minimum Gasteiger partial charge on any atom is -0.469 e. The molecule has 0 bridgehead atoms. The van der Waals surface area contributed by atoms with Crippen molar-refractivity contribution in [1.82, 2.24) is 0 Å². The van der Waals surface area contributed by atoms with Crippen molar-refractivity contribution in [3.63, 3.8) is 0 Å². The van der Waals surface area contributed by atoms with E-state index in [2.05, 4.69) is 11.7 Å². The van der Waals surface area contributed by atoms with Crippen LogP contribution in [0.5, 0.6) is 0 Å². The number of esters is 1. The molecule has 71 valence electrons. The van der Waals surface area contributed by atoms with E-state index in [0.29, 0.717) is 25.7 Å². The summed E-state index contributed by atoms with van der Waals surface area (Å²) in [6.07, 6.45) is 2.07. The van der Waals surface area contributed by atoms with Crippen molar-refractivity contribution in [2.45, 2.75) is 38.2 Å². The number of ether oxygens (including phenoxy) is 1. The molecule has 3 nitrogen and oxygen atoms in total. The van der Waals surface area contributed by atoms with E-state index in [1.54, 1.807) is 6.92 Å². The van der Waals surface area contributed by atoms with Crippen molar-refractivity contribution in [3.8, 4) is 0 Å². The zero-order valence-corrected chi connectivity index (χ0v) is 7.80. The van der Waals surface area contributed by atoms with Crippen LogP contribution < -0.4 is 0 Å². The average molecular weight is 173 g/mol. The van der Waals surface area contributed by atoms with Gasteiger partial charge in [-0.3, -0.25) is 4.79 Å². The van der Waals surface area contributed by atoms with Gasteiger partial charge in [-0.25, -0.2) is 0 Å². The van der Waals surface area contributed by atoms with Crippen LogP contribution >= 0.6 is 0 Å². The van der Waals surface area contributed by atoms with Crippen LogP contribution in [0.25, 0.3) is 0 Å². The van der Waals surface area contributed by atoms with Gasteiger partial charge < -0.3 is 9.84 Å². The van der Waals surface area contributed by atoms with Gasteiger partial charge in [0.25, 0.3) is 0 Å². The molecular formula is C9H17O3. The summed E-state index contributed by atoms with van der Waals surface area (Å²) in [5.74, 6) is -0.227. The molecule has 1 N–H and O–H groups in total. The van der Waals surface area contributed by atoms with Gasteiger partial charge in [0.1, 0.15) is 0 Å². The van der Waals surface area contributed by atoms with Gasteiger partial charge in [0, 0.05) is 6.42 Å². The fourth-order valence-electron chi connectivity index (χ4n) is 0.841. The topological polar surface area (TPSA) is 46.5 Å². The third-order valence-corrected chi connectivity index (χ3v) is 1.86. The molecule has 0 saturated heterocycles. The molecule has 0 aliphatic rings. The molecule has 3 heteroatoms. The van der Waals surface area contributed by atoms with Crippen LogP contribution in [0.3, 0.4) is 0 Å². The molecule has 0 fully saturated rings. The molecule has 12 heavy (non-hydrogen) atoms. The number of hydrogen-bond donors (Lipinski definition) is 1. The predicted octanol–water partition coefficient (Wildman–Crippen LogP) is 1.30. The summed E-state index contributed by atoms with van der Waals surface area (Å²) in [7, 11) is 1.36. The summed E-state index contributed by atoms with van der Waals surface area (Å²) in [6, 6.07) is 0. The molecule has 0 heterocycles. The van der Waals surface area contributed by atoms with Crippen molar-refractivity contribution in [3.05, 3.63) is 6.92 Å². The Morgan fingerprint density at radius 3 is 2.67 bits per heavy atom. The second-order valence-electron chi connectivity index (χ2n) is 3.18. The lowest BCUT2D eigenvalue weighted by molar-refractivity contribution is -0.140. The second-order valence-corrected chi connectivity index (χ2v) is 3.18. The van der Waals surface area contributed by atoms with Crippen molar-refractivity contribution < 1.29 is 14.6 Å². The van der Waals surface area contributed by atoms with Gasteiger partial charge in [-0.05, 0) is 26.2 Å². The van der Waals surface area contributed by atoms with Crippen LogP contribution in [-0.4, -0.2) is 23.8 Å². The smallest absolute Gasteiger partial charge is 0.305 e.